The van der Waals surface area contributed by atoms with Crippen molar-refractivity contribution < 1.29 is 4.42 Å². The average Bonchev–Trinajstić information content (AvgIpc) is 3.71. The second-order valence-corrected chi connectivity index (χ2v) is 12.8. The number of rotatable bonds is 6. The lowest BCUT2D eigenvalue weighted by atomic mass is 9.94. The Labute approximate surface area is 285 Å². The molecule has 0 N–H and O–H groups in total. The first kappa shape index (κ1) is 29.0. The molecule has 3 nitrogen and oxygen atoms in total. The maximum atomic E-state index is 6.87. The average molecular weight is 631 g/mol. The van der Waals surface area contributed by atoms with Crippen LogP contribution in [0.3, 0.4) is 0 Å². The number of fused-ring (bicyclic) bond motifs is 6. The zero-order chi connectivity index (χ0) is 32.9. The third kappa shape index (κ3) is 4.86. The molecular formula is C46H34N2O. The van der Waals surface area contributed by atoms with Crippen molar-refractivity contribution in [3.8, 4) is 16.8 Å². The Hall–Kier alpha value is -6.19. The lowest BCUT2D eigenvalue weighted by Gasteiger charge is -2.15. The molecule has 234 valence electrons. The molecule has 1 unspecified atom stereocenters. The van der Waals surface area contributed by atoms with Crippen molar-refractivity contribution in [2.75, 3.05) is 0 Å². The van der Waals surface area contributed by atoms with Gasteiger partial charge in [0.1, 0.15) is 5.58 Å². The molecule has 0 aliphatic heterocycles. The van der Waals surface area contributed by atoms with Gasteiger partial charge in [-0.25, -0.2) is 0 Å². The minimum atomic E-state index is -0.0295. The molecule has 9 rings (SSSR count). The van der Waals surface area contributed by atoms with Crippen molar-refractivity contribution in [1.82, 2.24) is 4.57 Å². The van der Waals surface area contributed by atoms with Crippen LogP contribution in [0.2, 0.25) is 0 Å². The summed E-state index contributed by atoms with van der Waals surface area (Å²) in [5.74, 6) is 0. The van der Waals surface area contributed by atoms with Crippen molar-refractivity contribution in [2.45, 2.75) is 19.9 Å². The van der Waals surface area contributed by atoms with E-state index in [2.05, 4.69) is 182 Å². The Morgan fingerprint density at radius 2 is 1.24 bits per heavy atom. The van der Waals surface area contributed by atoms with Crippen LogP contribution in [-0.2, 0) is 0 Å². The van der Waals surface area contributed by atoms with Gasteiger partial charge in [-0.1, -0.05) is 133 Å². The van der Waals surface area contributed by atoms with Crippen molar-refractivity contribution in [1.29, 1.82) is 0 Å². The van der Waals surface area contributed by atoms with E-state index in [1.54, 1.807) is 0 Å². The molecule has 9 aromatic rings. The van der Waals surface area contributed by atoms with Gasteiger partial charge in [0.15, 0.2) is 5.58 Å². The molecule has 0 amide bonds. The molecule has 0 bridgehead atoms. The van der Waals surface area contributed by atoms with Gasteiger partial charge in [-0.05, 0) is 66.4 Å². The summed E-state index contributed by atoms with van der Waals surface area (Å²) in [6, 6.07) is 57.9. The van der Waals surface area contributed by atoms with E-state index in [0.717, 1.165) is 55.5 Å². The Morgan fingerprint density at radius 1 is 0.571 bits per heavy atom. The highest BCUT2D eigenvalue weighted by molar-refractivity contribution is 6.25. The lowest BCUT2D eigenvalue weighted by Crippen LogP contribution is -2.08. The number of aryl methyl sites for hydroxylation is 1. The summed E-state index contributed by atoms with van der Waals surface area (Å²) in [5.41, 5.74) is 13.0. The number of hydrogen-bond donors (Lipinski definition) is 0. The molecule has 2 heterocycles. The third-order valence-corrected chi connectivity index (χ3v) is 9.78. The topological polar surface area (TPSA) is 30.4 Å². The van der Waals surface area contributed by atoms with Gasteiger partial charge in [-0.2, -0.15) is 0 Å². The van der Waals surface area contributed by atoms with Crippen LogP contribution in [0.15, 0.2) is 173 Å². The molecule has 7 aromatic carbocycles. The zero-order valence-electron chi connectivity index (χ0n) is 27.5. The fraction of sp³-hybridized carbons (Fsp3) is 0.0652. The minimum absolute atomic E-state index is 0.0295. The number of hydrogen-bond acceptors (Lipinski definition) is 2. The molecule has 1 atom stereocenters. The Morgan fingerprint density at radius 3 is 2.08 bits per heavy atom. The van der Waals surface area contributed by atoms with Crippen LogP contribution in [0, 0.1) is 6.92 Å². The largest absolute Gasteiger partial charge is 0.454 e. The maximum Gasteiger partial charge on any atom is 0.159 e. The van der Waals surface area contributed by atoms with Crippen molar-refractivity contribution in [3.05, 3.63) is 186 Å². The first-order chi connectivity index (χ1) is 24.2. The van der Waals surface area contributed by atoms with Crippen molar-refractivity contribution in [2.24, 2.45) is 4.99 Å². The Kier molecular flexibility index (Phi) is 6.98. The molecule has 0 spiro atoms. The van der Waals surface area contributed by atoms with Crippen LogP contribution >= 0.6 is 0 Å². The van der Waals surface area contributed by atoms with Crippen LogP contribution in [0.1, 0.15) is 35.2 Å². The number of furan rings is 1. The quantitative estimate of drug-likeness (QED) is 0.168. The van der Waals surface area contributed by atoms with E-state index in [1.807, 2.05) is 0 Å². The van der Waals surface area contributed by atoms with E-state index in [1.165, 1.54) is 33.0 Å². The van der Waals surface area contributed by atoms with Gasteiger partial charge >= 0.3 is 0 Å². The fourth-order valence-corrected chi connectivity index (χ4v) is 7.37. The van der Waals surface area contributed by atoms with E-state index in [0.29, 0.717) is 0 Å². The molecular weight excluding hydrogens is 597 g/mol. The molecule has 49 heavy (non-hydrogen) atoms. The smallest absolute Gasteiger partial charge is 0.159 e. The molecule has 0 fully saturated rings. The van der Waals surface area contributed by atoms with E-state index in [9.17, 15) is 0 Å². The Balaban J connectivity index is 1.29. The SMILES string of the molecule is Cc1ccccc1C(=NC(C)c1ccccc1)c1cccc2oc3c(-n4c5ccccc5c5cc(-c6ccccc6)ccc54)cccc3c12. The monoisotopic (exact) mass is 630 g/mol. The Bertz CT molecular complexity index is 2680. The van der Waals surface area contributed by atoms with Crippen LogP contribution in [0.25, 0.3) is 60.6 Å². The number of nitrogens with zero attached hydrogens (tertiary/aromatic N) is 2. The summed E-state index contributed by atoms with van der Waals surface area (Å²) >= 11 is 0. The second-order valence-electron chi connectivity index (χ2n) is 12.8. The second kappa shape index (κ2) is 11.8. The highest BCUT2D eigenvalue weighted by Gasteiger charge is 2.22. The molecule has 0 saturated heterocycles. The van der Waals surface area contributed by atoms with Gasteiger partial charge in [-0.3, -0.25) is 4.99 Å². The minimum Gasteiger partial charge on any atom is -0.454 e. The van der Waals surface area contributed by atoms with Gasteiger partial charge in [0.2, 0.25) is 0 Å². The van der Waals surface area contributed by atoms with E-state index in [-0.39, 0.29) is 6.04 Å². The van der Waals surface area contributed by atoms with Gasteiger partial charge in [-0.15, -0.1) is 0 Å². The highest BCUT2D eigenvalue weighted by atomic mass is 16.3. The normalized spacial score (nSPS) is 12.7. The number of aliphatic imine (C=N–C) groups is 1. The van der Waals surface area contributed by atoms with Gasteiger partial charge in [0.05, 0.1) is 28.5 Å². The van der Waals surface area contributed by atoms with E-state index in [4.69, 9.17) is 9.41 Å². The summed E-state index contributed by atoms with van der Waals surface area (Å²) in [4.78, 5) is 5.44. The summed E-state index contributed by atoms with van der Waals surface area (Å²) in [7, 11) is 0. The summed E-state index contributed by atoms with van der Waals surface area (Å²) in [6.07, 6.45) is 0. The van der Waals surface area contributed by atoms with E-state index >= 15 is 0 Å². The van der Waals surface area contributed by atoms with Crippen LogP contribution in [0.4, 0.5) is 0 Å². The van der Waals surface area contributed by atoms with Crippen LogP contribution in [-0.4, -0.2) is 10.3 Å². The fourth-order valence-electron chi connectivity index (χ4n) is 7.37. The third-order valence-electron chi connectivity index (χ3n) is 9.78. The number of benzene rings is 7. The summed E-state index contributed by atoms with van der Waals surface area (Å²) in [6.45, 7) is 4.33. The van der Waals surface area contributed by atoms with Gasteiger partial charge in [0.25, 0.3) is 0 Å². The molecule has 0 aliphatic carbocycles. The summed E-state index contributed by atoms with van der Waals surface area (Å²) in [5, 5.41) is 4.58. The maximum absolute atomic E-state index is 6.87. The predicted octanol–water partition coefficient (Wildman–Crippen LogP) is 12.3. The predicted molar refractivity (Wildman–Crippen MR) is 205 cm³/mol. The molecule has 0 saturated carbocycles. The standard InChI is InChI=1S/C46H34N2O/c1-30-15-9-10-20-35(30)45(47-31(2)32-16-5-3-6-17-32)37-22-14-26-43-44(37)38-23-13-25-42(46(38)49-43)48-40-24-12-11-21-36(40)39-29-34(27-28-41(39)48)33-18-7-4-8-19-33/h3-29,31H,1-2H3. The van der Waals surface area contributed by atoms with E-state index < -0.39 is 0 Å². The van der Waals surface area contributed by atoms with Crippen LogP contribution in [0.5, 0.6) is 0 Å². The van der Waals surface area contributed by atoms with Gasteiger partial charge < -0.3 is 8.98 Å². The summed E-state index contributed by atoms with van der Waals surface area (Å²) < 4.78 is 9.23. The first-order valence-corrected chi connectivity index (χ1v) is 16.9. The molecule has 0 aliphatic rings. The van der Waals surface area contributed by atoms with Crippen molar-refractivity contribution >= 4 is 49.5 Å². The lowest BCUT2D eigenvalue weighted by molar-refractivity contribution is 0.666. The van der Waals surface area contributed by atoms with Crippen molar-refractivity contribution in [3.63, 3.8) is 0 Å². The zero-order valence-corrected chi connectivity index (χ0v) is 27.5. The number of aromatic nitrogens is 1. The van der Waals surface area contributed by atoms with Gasteiger partial charge in [0, 0.05) is 32.7 Å². The molecule has 2 aromatic heterocycles. The first-order valence-electron chi connectivity index (χ1n) is 16.9. The highest BCUT2D eigenvalue weighted by Crippen LogP contribution is 2.40. The molecule has 0 radical (unpaired) electrons. The number of para-hydroxylation sites is 2. The van der Waals surface area contributed by atoms with Crippen LogP contribution < -0.4 is 0 Å². The molecule has 3 heteroatoms.